The second-order valence-electron chi connectivity index (χ2n) is 5.10. The van der Waals surface area contributed by atoms with Crippen molar-refractivity contribution in [1.29, 1.82) is 0 Å². The van der Waals surface area contributed by atoms with E-state index in [2.05, 4.69) is 0 Å². The number of nitrogens with two attached hydrogens (primary N) is 1. The summed E-state index contributed by atoms with van der Waals surface area (Å²) in [6.45, 7) is 3.12. The van der Waals surface area contributed by atoms with Gasteiger partial charge in [0.05, 0.1) is 24.7 Å². The zero-order valence-corrected chi connectivity index (χ0v) is 13.5. The number of piperidine rings is 1. The molecule has 3 N–H and O–H groups in total. The molecule has 1 aromatic carbocycles. The molecule has 110 valence electrons. The number of nitrogens with one attached hydrogen (secondary N) is 1. The molecular formula is C14H19Cl2N2OS+. The molecule has 0 radical (unpaired) electrons. The van der Waals surface area contributed by atoms with Gasteiger partial charge in [0.15, 0.2) is 0 Å². The molecule has 0 aliphatic carbocycles. The number of thioether (sulfide) groups is 1. The number of quaternary nitrogens is 1. The Balaban J connectivity index is 1.74. The largest absolute Gasteiger partial charge is 0.369 e. The number of carbonyl (C=O) groups excluding carboxylic acids is 1. The van der Waals surface area contributed by atoms with Gasteiger partial charge in [-0.1, -0.05) is 23.2 Å². The van der Waals surface area contributed by atoms with Gasteiger partial charge in [-0.05, 0) is 18.2 Å². The van der Waals surface area contributed by atoms with Crippen molar-refractivity contribution in [1.82, 2.24) is 0 Å². The van der Waals surface area contributed by atoms with Crippen LogP contribution in [0.25, 0.3) is 0 Å². The van der Waals surface area contributed by atoms with Gasteiger partial charge in [0.2, 0.25) is 5.91 Å². The monoisotopic (exact) mass is 333 g/mol. The van der Waals surface area contributed by atoms with E-state index in [0.717, 1.165) is 48.1 Å². The fourth-order valence-electron chi connectivity index (χ4n) is 2.45. The molecule has 1 heterocycles. The summed E-state index contributed by atoms with van der Waals surface area (Å²) in [6.07, 6.45) is 1.82. The van der Waals surface area contributed by atoms with Crippen LogP contribution in [0.5, 0.6) is 0 Å². The lowest BCUT2D eigenvalue weighted by atomic mass is 9.96. The summed E-state index contributed by atoms with van der Waals surface area (Å²) in [6, 6.07) is 5.54. The first kappa shape index (κ1) is 16.0. The van der Waals surface area contributed by atoms with Gasteiger partial charge in [-0.15, -0.1) is 11.8 Å². The summed E-state index contributed by atoms with van der Waals surface area (Å²) in [5, 5.41) is 1.47. The van der Waals surface area contributed by atoms with Crippen LogP contribution < -0.4 is 10.6 Å². The van der Waals surface area contributed by atoms with Gasteiger partial charge in [0, 0.05) is 34.4 Å². The second-order valence-corrected chi connectivity index (χ2v) is 7.08. The summed E-state index contributed by atoms with van der Waals surface area (Å²) in [5.41, 5.74) is 5.34. The second kappa shape index (κ2) is 7.55. The molecule has 3 nitrogen and oxygen atoms in total. The van der Waals surface area contributed by atoms with Crippen molar-refractivity contribution < 1.29 is 9.69 Å². The van der Waals surface area contributed by atoms with Gasteiger partial charge in [-0.2, -0.15) is 0 Å². The van der Waals surface area contributed by atoms with Crippen molar-refractivity contribution in [3.05, 3.63) is 28.2 Å². The molecule has 0 aromatic heterocycles. The minimum absolute atomic E-state index is 0.0776. The number of benzene rings is 1. The molecule has 1 aliphatic rings. The molecule has 0 spiro atoms. The summed E-state index contributed by atoms with van der Waals surface area (Å²) in [4.78, 5) is 13.7. The summed E-state index contributed by atoms with van der Waals surface area (Å²) in [5.74, 6) is 0.925. The van der Waals surface area contributed by atoms with Crippen molar-refractivity contribution in [3.8, 4) is 0 Å². The smallest absolute Gasteiger partial charge is 0.220 e. The van der Waals surface area contributed by atoms with Crippen molar-refractivity contribution in [2.24, 2.45) is 11.7 Å². The number of rotatable bonds is 5. The molecular weight excluding hydrogens is 315 g/mol. The van der Waals surface area contributed by atoms with E-state index < -0.39 is 0 Å². The molecule has 1 amide bonds. The summed E-state index contributed by atoms with van der Waals surface area (Å²) >= 11 is 13.8. The molecule has 0 atom stereocenters. The number of hydrogen-bond acceptors (Lipinski definition) is 2. The van der Waals surface area contributed by atoms with Gasteiger partial charge in [0.1, 0.15) is 0 Å². The topological polar surface area (TPSA) is 47.5 Å². The summed E-state index contributed by atoms with van der Waals surface area (Å²) in [7, 11) is 0. The van der Waals surface area contributed by atoms with Crippen LogP contribution in [0.2, 0.25) is 10.0 Å². The number of halogens is 2. The molecule has 6 heteroatoms. The van der Waals surface area contributed by atoms with E-state index in [0.29, 0.717) is 5.02 Å². The first-order chi connectivity index (χ1) is 9.56. The van der Waals surface area contributed by atoms with E-state index in [4.69, 9.17) is 28.9 Å². The first-order valence-electron chi connectivity index (χ1n) is 6.77. The van der Waals surface area contributed by atoms with Gasteiger partial charge in [-0.3, -0.25) is 4.79 Å². The highest BCUT2D eigenvalue weighted by Gasteiger charge is 2.25. The van der Waals surface area contributed by atoms with Crippen LogP contribution in [0.15, 0.2) is 23.1 Å². The zero-order chi connectivity index (χ0) is 14.5. The highest BCUT2D eigenvalue weighted by Crippen LogP contribution is 2.29. The number of amides is 1. The predicted molar refractivity (Wildman–Crippen MR) is 84.7 cm³/mol. The van der Waals surface area contributed by atoms with Gasteiger partial charge in [0.25, 0.3) is 0 Å². The third kappa shape index (κ3) is 4.55. The number of likely N-dealkylation sites (tertiary alicyclic amines) is 1. The quantitative estimate of drug-likeness (QED) is 0.808. The SMILES string of the molecule is NC(=O)C1CC[NH+](CCSc2cc(Cl)ccc2Cl)CC1. The van der Waals surface area contributed by atoms with Crippen LogP contribution in [-0.4, -0.2) is 31.3 Å². The van der Waals surface area contributed by atoms with Crippen LogP contribution in [0, 0.1) is 5.92 Å². The maximum absolute atomic E-state index is 11.1. The van der Waals surface area contributed by atoms with Crippen molar-refractivity contribution in [2.45, 2.75) is 17.7 Å². The number of primary amides is 1. The van der Waals surface area contributed by atoms with E-state index in [1.165, 1.54) is 4.90 Å². The maximum atomic E-state index is 11.1. The first-order valence-corrected chi connectivity index (χ1v) is 8.51. The highest BCUT2D eigenvalue weighted by molar-refractivity contribution is 7.99. The lowest BCUT2D eigenvalue weighted by molar-refractivity contribution is -0.903. The van der Waals surface area contributed by atoms with Gasteiger partial charge >= 0.3 is 0 Å². The minimum atomic E-state index is -0.149. The predicted octanol–water partition coefficient (Wildman–Crippen LogP) is 1.87. The molecule has 1 saturated heterocycles. The number of carbonyl (C=O) groups is 1. The van der Waals surface area contributed by atoms with Crippen LogP contribution >= 0.6 is 35.0 Å². The van der Waals surface area contributed by atoms with E-state index in [-0.39, 0.29) is 11.8 Å². The molecule has 0 unspecified atom stereocenters. The Kier molecular flexibility index (Phi) is 6.02. The molecule has 1 aromatic rings. The maximum Gasteiger partial charge on any atom is 0.220 e. The fraction of sp³-hybridized carbons (Fsp3) is 0.500. The Morgan fingerprint density at radius 1 is 1.35 bits per heavy atom. The Morgan fingerprint density at radius 2 is 2.05 bits per heavy atom. The Labute approximate surface area is 133 Å². The number of hydrogen-bond donors (Lipinski definition) is 2. The highest BCUT2D eigenvalue weighted by atomic mass is 35.5. The lowest BCUT2D eigenvalue weighted by Crippen LogP contribution is -3.13. The van der Waals surface area contributed by atoms with E-state index in [1.54, 1.807) is 17.8 Å². The van der Waals surface area contributed by atoms with Crippen LogP contribution in [0.3, 0.4) is 0 Å². The molecule has 20 heavy (non-hydrogen) atoms. The standard InChI is InChI=1S/C14H18Cl2N2OS/c15-11-1-2-12(16)13(9-11)20-8-7-18-5-3-10(4-6-18)14(17)19/h1-2,9-10H,3-8H2,(H2,17,19)/p+1. The van der Waals surface area contributed by atoms with Gasteiger partial charge < -0.3 is 10.6 Å². The molecule has 2 rings (SSSR count). The van der Waals surface area contributed by atoms with Gasteiger partial charge in [-0.25, -0.2) is 0 Å². The third-order valence-electron chi connectivity index (χ3n) is 3.70. The average Bonchev–Trinajstić information content (AvgIpc) is 2.43. The summed E-state index contributed by atoms with van der Waals surface area (Å²) < 4.78 is 0. The van der Waals surface area contributed by atoms with Crippen LogP contribution in [0.4, 0.5) is 0 Å². The third-order valence-corrected chi connectivity index (χ3v) is 5.44. The molecule has 0 saturated carbocycles. The molecule has 1 fully saturated rings. The van der Waals surface area contributed by atoms with Crippen LogP contribution in [-0.2, 0) is 4.79 Å². The Morgan fingerprint density at radius 3 is 2.70 bits per heavy atom. The van der Waals surface area contributed by atoms with E-state index >= 15 is 0 Å². The van der Waals surface area contributed by atoms with Crippen molar-refractivity contribution in [2.75, 3.05) is 25.4 Å². The van der Waals surface area contributed by atoms with Crippen LogP contribution in [0.1, 0.15) is 12.8 Å². The molecule has 0 bridgehead atoms. The van der Waals surface area contributed by atoms with Crippen molar-refractivity contribution in [3.63, 3.8) is 0 Å². The normalized spacial score (nSPS) is 22.7. The zero-order valence-electron chi connectivity index (χ0n) is 11.2. The Hall–Kier alpha value is -0.420. The fourth-order valence-corrected chi connectivity index (χ4v) is 4.00. The average molecular weight is 334 g/mol. The van der Waals surface area contributed by atoms with E-state index in [9.17, 15) is 4.79 Å². The Bertz CT molecular complexity index is 476. The lowest BCUT2D eigenvalue weighted by Gasteiger charge is -2.27. The molecule has 1 aliphatic heterocycles. The van der Waals surface area contributed by atoms with E-state index in [1.807, 2.05) is 12.1 Å². The minimum Gasteiger partial charge on any atom is -0.369 e. The van der Waals surface area contributed by atoms with Crippen molar-refractivity contribution >= 4 is 40.9 Å².